The van der Waals surface area contributed by atoms with Gasteiger partial charge in [0.1, 0.15) is 5.01 Å². The van der Waals surface area contributed by atoms with Crippen LogP contribution in [0.2, 0.25) is 0 Å². The van der Waals surface area contributed by atoms with Crippen molar-refractivity contribution < 1.29 is 0 Å². The van der Waals surface area contributed by atoms with E-state index in [0.717, 1.165) is 26.3 Å². The Hall–Kier alpha value is -1.52. The molecular weight excluding hydrogens is 320 g/mol. The fourth-order valence-corrected chi connectivity index (χ4v) is 3.30. The Morgan fingerprint density at radius 3 is 2.68 bits per heavy atom. The second-order valence-electron chi connectivity index (χ2n) is 4.15. The minimum absolute atomic E-state index is 1.01. The van der Waals surface area contributed by atoms with Crippen LogP contribution >= 0.6 is 27.3 Å². The molecule has 0 N–H and O–H groups in total. The SMILES string of the molecule is Cc1sc(-c2cccnc2)nc1-c1ccccc1Br. The number of pyridine rings is 1. The molecule has 2 heterocycles. The molecule has 4 heteroatoms. The zero-order chi connectivity index (χ0) is 13.2. The fraction of sp³-hybridized carbons (Fsp3) is 0.0667. The van der Waals surface area contributed by atoms with E-state index in [1.165, 1.54) is 4.88 Å². The van der Waals surface area contributed by atoms with Crippen molar-refractivity contribution in [3.63, 3.8) is 0 Å². The topological polar surface area (TPSA) is 25.8 Å². The molecule has 0 bridgehead atoms. The summed E-state index contributed by atoms with van der Waals surface area (Å²) in [5.41, 5.74) is 3.23. The van der Waals surface area contributed by atoms with Gasteiger partial charge in [0.2, 0.25) is 0 Å². The molecule has 0 unspecified atom stereocenters. The Morgan fingerprint density at radius 2 is 1.95 bits per heavy atom. The van der Waals surface area contributed by atoms with Crippen LogP contribution in [0.1, 0.15) is 4.88 Å². The highest BCUT2D eigenvalue weighted by Crippen LogP contribution is 2.35. The lowest BCUT2D eigenvalue weighted by atomic mass is 10.1. The molecule has 0 spiro atoms. The molecule has 19 heavy (non-hydrogen) atoms. The van der Waals surface area contributed by atoms with Crippen molar-refractivity contribution in [1.29, 1.82) is 0 Å². The molecule has 0 saturated heterocycles. The predicted octanol–water partition coefficient (Wildman–Crippen LogP) is 4.94. The largest absolute Gasteiger partial charge is 0.264 e. The van der Waals surface area contributed by atoms with Gasteiger partial charge in [0.05, 0.1) is 5.69 Å². The fourth-order valence-electron chi connectivity index (χ4n) is 1.91. The molecule has 2 nitrogen and oxygen atoms in total. The summed E-state index contributed by atoms with van der Waals surface area (Å²) in [5, 5.41) is 1.01. The maximum Gasteiger partial charge on any atom is 0.125 e. The molecule has 0 atom stereocenters. The summed E-state index contributed by atoms with van der Waals surface area (Å²) in [7, 11) is 0. The van der Waals surface area contributed by atoms with Crippen LogP contribution in [0.3, 0.4) is 0 Å². The number of nitrogens with zero attached hydrogens (tertiary/aromatic N) is 2. The Morgan fingerprint density at radius 1 is 1.11 bits per heavy atom. The zero-order valence-electron chi connectivity index (χ0n) is 10.3. The van der Waals surface area contributed by atoms with Crippen LogP contribution in [-0.4, -0.2) is 9.97 Å². The lowest BCUT2D eigenvalue weighted by molar-refractivity contribution is 1.31. The van der Waals surface area contributed by atoms with Gasteiger partial charge in [-0.1, -0.05) is 34.1 Å². The number of aryl methyl sites for hydroxylation is 1. The number of halogens is 1. The van der Waals surface area contributed by atoms with Crippen LogP contribution in [0.25, 0.3) is 21.8 Å². The van der Waals surface area contributed by atoms with Gasteiger partial charge in [-0.3, -0.25) is 4.98 Å². The van der Waals surface area contributed by atoms with Crippen molar-refractivity contribution >= 4 is 27.3 Å². The first-order valence-electron chi connectivity index (χ1n) is 5.88. The third-order valence-corrected chi connectivity index (χ3v) is 4.55. The number of hydrogen-bond donors (Lipinski definition) is 0. The van der Waals surface area contributed by atoms with E-state index in [0.29, 0.717) is 0 Å². The maximum atomic E-state index is 4.76. The van der Waals surface area contributed by atoms with Crippen LogP contribution in [0.15, 0.2) is 53.3 Å². The predicted molar refractivity (Wildman–Crippen MR) is 83.2 cm³/mol. The van der Waals surface area contributed by atoms with E-state index in [2.05, 4.69) is 33.9 Å². The van der Waals surface area contributed by atoms with Crippen LogP contribution in [-0.2, 0) is 0 Å². The van der Waals surface area contributed by atoms with Gasteiger partial charge in [-0.2, -0.15) is 0 Å². The quantitative estimate of drug-likeness (QED) is 0.664. The van der Waals surface area contributed by atoms with E-state index >= 15 is 0 Å². The van der Waals surface area contributed by atoms with Gasteiger partial charge in [0, 0.05) is 32.9 Å². The average molecular weight is 331 g/mol. The first-order chi connectivity index (χ1) is 9.25. The molecule has 0 saturated carbocycles. The van der Waals surface area contributed by atoms with Gasteiger partial charge in [-0.25, -0.2) is 4.98 Å². The summed E-state index contributed by atoms with van der Waals surface area (Å²) in [5.74, 6) is 0. The number of rotatable bonds is 2. The molecule has 0 radical (unpaired) electrons. The van der Waals surface area contributed by atoms with E-state index in [-0.39, 0.29) is 0 Å². The summed E-state index contributed by atoms with van der Waals surface area (Å²) >= 11 is 5.28. The second-order valence-corrected chi connectivity index (χ2v) is 6.20. The number of hydrogen-bond acceptors (Lipinski definition) is 3. The van der Waals surface area contributed by atoms with E-state index < -0.39 is 0 Å². The minimum atomic E-state index is 1.01. The molecule has 0 aliphatic heterocycles. The Labute approximate surface area is 124 Å². The number of aromatic nitrogens is 2. The lowest BCUT2D eigenvalue weighted by Gasteiger charge is -2.01. The molecule has 1 aromatic carbocycles. The summed E-state index contributed by atoms with van der Waals surface area (Å²) in [4.78, 5) is 10.1. The van der Waals surface area contributed by atoms with E-state index in [1.807, 2.05) is 36.5 Å². The van der Waals surface area contributed by atoms with Gasteiger partial charge in [0.25, 0.3) is 0 Å². The monoisotopic (exact) mass is 330 g/mol. The smallest absolute Gasteiger partial charge is 0.125 e. The van der Waals surface area contributed by atoms with Crippen molar-refractivity contribution in [2.75, 3.05) is 0 Å². The van der Waals surface area contributed by atoms with Gasteiger partial charge in [-0.05, 0) is 25.1 Å². The van der Waals surface area contributed by atoms with E-state index in [9.17, 15) is 0 Å². The van der Waals surface area contributed by atoms with Crippen LogP contribution in [0.4, 0.5) is 0 Å². The van der Waals surface area contributed by atoms with Crippen molar-refractivity contribution in [1.82, 2.24) is 9.97 Å². The van der Waals surface area contributed by atoms with E-state index in [1.54, 1.807) is 17.5 Å². The standard InChI is InChI=1S/C15H11BrN2S/c1-10-14(12-6-2-3-7-13(12)16)18-15(19-10)11-5-4-8-17-9-11/h2-9H,1H3. The van der Waals surface area contributed by atoms with Crippen molar-refractivity contribution in [2.24, 2.45) is 0 Å². The van der Waals surface area contributed by atoms with Gasteiger partial charge < -0.3 is 0 Å². The molecule has 0 fully saturated rings. The number of thiazole rings is 1. The first kappa shape index (κ1) is 12.5. The highest BCUT2D eigenvalue weighted by atomic mass is 79.9. The first-order valence-corrected chi connectivity index (χ1v) is 7.49. The lowest BCUT2D eigenvalue weighted by Crippen LogP contribution is -1.83. The molecule has 2 aromatic heterocycles. The van der Waals surface area contributed by atoms with Crippen LogP contribution in [0, 0.1) is 6.92 Å². The third kappa shape index (κ3) is 2.46. The number of benzene rings is 1. The molecular formula is C15H11BrN2S. The maximum absolute atomic E-state index is 4.76. The van der Waals surface area contributed by atoms with E-state index in [4.69, 9.17) is 4.98 Å². The second kappa shape index (κ2) is 5.23. The van der Waals surface area contributed by atoms with Crippen LogP contribution < -0.4 is 0 Å². The Kier molecular flexibility index (Phi) is 3.44. The molecule has 0 aliphatic carbocycles. The summed E-state index contributed by atoms with van der Waals surface area (Å²) in [6, 6.07) is 12.1. The minimum Gasteiger partial charge on any atom is -0.264 e. The highest BCUT2D eigenvalue weighted by Gasteiger charge is 2.13. The van der Waals surface area contributed by atoms with Crippen LogP contribution in [0.5, 0.6) is 0 Å². The van der Waals surface area contributed by atoms with Crippen molar-refractivity contribution in [3.8, 4) is 21.8 Å². The molecule has 3 aromatic rings. The Balaban J connectivity index is 2.11. The highest BCUT2D eigenvalue weighted by molar-refractivity contribution is 9.10. The zero-order valence-corrected chi connectivity index (χ0v) is 12.7. The molecule has 94 valence electrons. The molecule has 0 aliphatic rings. The third-order valence-electron chi connectivity index (χ3n) is 2.83. The van der Waals surface area contributed by atoms with Crippen molar-refractivity contribution in [2.45, 2.75) is 6.92 Å². The average Bonchev–Trinajstić information content (AvgIpc) is 2.82. The Bertz CT molecular complexity index is 707. The summed E-state index contributed by atoms with van der Waals surface area (Å²) < 4.78 is 1.07. The summed E-state index contributed by atoms with van der Waals surface area (Å²) in [6.07, 6.45) is 3.63. The molecule has 3 rings (SSSR count). The van der Waals surface area contributed by atoms with Gasteiger partial charge >= 0.3 is 0 Å². The summed E-state index contributed by atoms with van der Waals surface area (Å²) in [6.45, 7) is 2.10. The van der Waals surface area contributed by atoms with Gasteiger partial charge in [-0.15, -0.1) is 11.3 Å². The molecule has 0 amide bonds. The normalized spacial score (nSPS) is 10.6. The van der Waals surface area contributed by atoms with Crippen molar-refractivity contribution in [3.05, 3.63) is 58.1 Å². The van der Waals surface area contributed by atoms with Gasteiger partial charge in [0.15, 0.2) is 0 Å².